The first kappa shape index (κ1) is 50.3. The van der Waals surface area contributed by atoms with Crippen LogP contribution < -0.4 is 0 Å². The number of rotatable bonds is 37. The number of nitrogens with zero attached hydrogens (tertiary/aromatic N) is 1. The number of aliphatic carboxylic acids is 1. The van der Waals surface area contributed by atoms with Crippen LogP contribution in [0.4, 0.5) is 0 Å². The van der Waals surface area contributed by atoms with Crippen molar-refractivity contribution in [1.82, 2.24) is 0 Å². The number of hydrogen-bond donors (Lipinski definition) is 1. The van der Waals surface area contributed by atoms with Gasteiger partial charge in [-0.05, 0) is 57.8 Å². The van der Waals surface area contributed by atoms with Crippen LogP contribution in [0.1, 0.15) is 168 Å². The van der Waals surface area contributed by atoms with Gasteiger partial charge in [-0.15, -0.1) is 0 Å². The minimum absolute atomic E-state index is 0.0391. The lowest BCUT2D eigenvalue weighted by Crippen LogP contribution is -2.50. The SMILES string of the molecule is CC/C=C/C/C=C/CCC(=O)OCC(COCCC(C(=O)O)[N+](C)(C)C)OC(=O)CCCCCCCCC/C=C/C/C=C/CCCCCCCCCC. The summed E-state index contributed by atoms with van der Waals surface area (Å²) in [5, 5.41) is 9.58. The van der Waals surface area contributed by atoms with Crippen LogP contribution in [0.5, 0.6) is 0 Å². The molecule has 0 heterocycles. The number of allylic oxidation sites excluding steroid dienone is 8. The Bertz CT molecular complexity index is 1010. The Labute approximate surface area is 325 Å². The lowest BCUT2D eigenvalue weighted by molar-refractivity contribution is -0.887. The molecule has 306 valence electrons. The quantitative estimate of drug-likeness (QED) is 0.0292. The second-order valence-corrected chi connectivity index (χ2v) is 15.2. The number of unbranched alkanes of at least 4 members (excludes halogenated alkanes) is 15. The molecule has 0 rings (SSSR count). The van der Waals surface area contributed by atoms with Gasteiger partial charge in [-0.25, -0.2) is 4.79 Å². The summed E-state index contributed by atoms with van der Waals surface area (Å²) in [4.78, 5) is 36.7. The average Bonchev–Trinajstić information content (AvgIpc) is 3.11. The highest BCUT2D eigenvalue weighted by molar-refractivity contribution is 5.72. The van der Waals surface area contributed by atoms with Crippen molar-refractivity contribution in [3.05, 3.63) is 48.6 Å². The van der Waals surface area contributed by atoms with Crippen molar-refractivity contribution in [2.45, 2.75) is 180 Å². The lowest BCUT2D eigenvalue weighted by atomic mass is 10.1. The third-order valence-electron chi connectivity index (χ3n) is 9.23. The highest BCUT2D eigenvalue weighted by atomic mass is 16.6. The van der Waals surface area contributed by atoms with Gasteiger partial charge >= 0.3 is 17.9 Å². The Kier molecular flexibility index (Phi) is 34.4. The molecule has 53 heavy (non-hydrogen) atoms. The molecular formula is C45H80NO7+. The summed E-state index contributed by atoms with van der Waals surface area (Å²) in [6.07, 6.45) is 42.0. The van der Waals surface area contributed by atoms with Crippen LogP contribution >= 0.6 is 0 Å². The highest BCUT2D eigenvalue weighted by Crippen LogP contribution is 2.13. The van der Waals surface area contributed by atoms with Gasteiger partial charge in [-0.1, -0.05) is 140 Å². The van der Waals surface area contributed by atoms with Crippen LogP contribution in [0.3, 0.4) is 0 Å². The smallest absolute Gasteiger partial charge is 0.362 e. The third kappa shape index (κ3) is 34.8. The van der Waals surface area contributed by atoms with Crippen LogP contribution in [0, 0.1) is 0 Å². The van der Waals surface area contributed by atoms with Gasteiger partial charge in [0.2, 0.25) is 0 Å². The molecule has 0 aromatic heterocycles. The predicted molar refractivity (Wildman–Crippen MR) is 220 cm³/mol. The van der Waals surface area contributed by atoms with E-state index in [1.54, 1.807) is 0 Å². The number of ether oxygens (including phenoxy) is 3. The molecule has 0 radical (unpaired) electrons. The third-order valence-corrected chi connectivity index (χ3v) is 9.23. The maximum absolute atomic E-state index is 12.7. The standard InChI is InChI=1S/C45H79NO7/c1-6-8-10-12-14-15-16-17-18-19-20-21-22-23-24-25-26-27-28-30-32-34-36-44(48)53-41(39-51-38-37-42(45(49)50)46(3,4)5)40-52-43(47)35-33-31-29-13-11-9-7-2/h9,11,19-20,22-23,29,31,41-42H,6-8,10,12-18,21,24-28,30,32-40H2,1-5H3/p+1/b11-9+,20-19+,23-22+,31-29+. The number of carbonyl (C=O) groups is 3. The van der Waals surface area contributed by atoms with E-state index in [1.165, 1.54) is 83.5 Å². The monoisotopic (exact) mass is 747 g/mol. The molecule has 0 aromatic rings. The van der Waals surface area contributed by atoms with E-state index in [0.717, 1.165) is 44.9 Å². The molecule has 0 bridgehead atoms. The summed E-state index contributed by atoms with van der Waals surface area (Å²) >= 11 is 0. The van der Waals surface area contributed by atoms with Crippen molar-refractivity contribution < 1.29 is 38.2 Å². The molecule has 0 fully saturated rings. The van der Waals surface area contributed by atoms with Gasteiger partial charge in [0.05, 0.1) is 34.4 Å². The maximum atomic E-state index is 12.7. The van der Waals surface area contributed by atoms with E-state index in [-0.39, 0.29) is 42.7 Å². The first-order chi connectivity index (χ1) is 25.6. The molecule has 0 spiro atoms. The van der Waals surface area contributed by atoms with Gasteiger partial charge in [-0.3, -0.25) is 9.59 Å². The second kappa shape index (κ2) is 36.3. The summed E-state index contributed by atoms with van der Waals surface area (Å²) in [6.45, 7) is 4.50. The maximum Gasteiger partial charge on any atom is 0.362 e. The molecule has 0 amide bonds. The number of carboxylic acid groups (broad SMARTS) is 1. The zero-order valence-corrected chi connectivity index (χ0v) is 34.7. The summed E-state index contributed by atoms with van der Waals surface area (Å²) < 4.78 is 17.1. The van der Waals surface area contributed by atoms with E-state index in [1.807, 2.05) is 33.3 Å². The lowest BCUT2D eigenvalue weighted by Gasteiger charge is -2.31. The van der Waals surface area contributed by atoms with E-state index in [4.69, 9.17) is 14.2 Å². The molecule has 1 N–H and O–H groups in total. The summed E-state index contributed by atoms with van der Waals surface area (Å²) in [5.74, 6) is -1.57. The van der Waals surface area contributed by atoms with E-state index in [9.17, 15) is 19.5 Å². The predicted octanol–water partition coefficient (Wildman–Crippen LogP) is 11.2. The van der Waals surface area contributed by atoms with Crippen LogP contribution in [-0.2, 0) is 28.6 Å². The Hall–Kier alpha value is -2.71. The molecule has 2 unspecified atom stereocenters. The van der Waals surface area contributed by atoms with Crippen molar-refractivity contribution in [2.75, 3.05) is 41.0 Å². The molecule has 0 aliphatic rings. The number of hydrogen-bond acceptors (Lipinski definition) is 6. The van der Waals surface area contributed by atoms with Crippen molar-refractivity contribution in [1.29, 1.82) is 0 Å². The Morgan fingerprint density at radius 3 is 1.62 bits per heavy atom. The summed E-state index contributed by atoms with van der Waals surface area (Å²) in [5.41, 5.74) is 0. The Morgan fingerprint density at radius 2 is 1.09 bits per heavy atom. The molecular weight excluding hydrogens is 666 g/mol. The van der Waals surface area contributed by atoms with Crippen molar-refractivity contribution >= 4 is 17.9 Å². The summed E-state index contributed by atoms with van der Waals surface area (Å²) in [7, 11) is 5.49. The number of carbonyl (C=O) groups excluding carboxylic acids is 2. The zero-order chi connectivity index (χ0) is 39.3. The highest BCUT2D eigenvalue weighted by Gasteiger charge is 2.31. The number of quaternary nitrogens is 1. The Balaban J connectivity index is 4.24. The van der Waals surface area contributed by atoms with Crippen LogP contribution in [0.25, 0.3) is 0 Å². The fourth-order valence-corrected chi connectivity index (χ4v) is 5.95. The van der Waals surface area contributed by atoms with Gasteiger partial charge in [-0.2, -0.15) is 0 Å². The summed E-state index contributed by atoms with van der Waals surface area (Å²) in [6, 6.07) is -0.622. The van der Waals surface area contributed by atoms with E-state index < -0.39 is 18.1 Å². The van der Waals surface area contributed by atoms with Gasteiger partial charge in [0, 0.05) is 19.3 Å². The molecule has 0 aliphatic heterocycles. The molecule has 8 heteroatoms. The number of esters is 2. The largest absolute Gasteiger partial charge is 0.477 e. The van der Waals surface area contributed by atoms with E-state index >= 15 is 0 Å². The van der Waals surface area contributed by atoms with Crippen LogP contribution in [0.2, 0.25) is 0 Å². The number of carboxylic acids is 1. The van der Waals surface area contributed by atoms with Gasteiger partial charge < -0.3 is 23.8 Å². The fraction of sp³-hybridized carbons (Fsp3) is 0.756. The zero-order valence-electron chi connectivity index (χ0n) is 34.7. The molecule has 0 saturated heterocycles. The van der Waals surface area contributed by atoms with E-state index in [0.29, 0.717) is 19.3 Å². The first-order valence-corrected chi connectivity index (χ1v) is 21.2. The molecule has 0 aliphatic carbocycles. The van der Waals surface area contributed by atoms with Crippen LogP contribution in [0.15, 0.2) is 48.6 Å². The van der Waals surface area contributed by atoms with Crippen molar-refractivity contribution in [3.63, 3.8) is 0 Å². The van der Waals surface area contributed by atoms with Crippen molar-refractivity contribution in [2.24, 2.45) is 0 Å². The van der Waals surface area contributed by atoms with Gasteiger partial charge in [0.15, 0.2) is 12.1 Å². The molecule has 8 nitrogen and oxygen atoms in total. The minimum Gasteiger partial charge on any atom is -0.477 e. The number of likely N-dealkylation sites (N-methyl/N-ethyl adjacent to an activating group) is 1. The van der Waals surface area contributed by atoms with Gasteiger partial charge in [0.1, 0.15) is 6.61 Å². The fourth-order valence-electron chi connectivity index (χ4n) is 5.95. The first-order valence-electron chi connectivity index (χ1n) is 21.2. The minimum atomic E-state index is -0.885. The average molecular weight is 747 g/mol. The van der Waals surface area contributed by atoms with Crippen molar-refractivity contribution in [3.8, 4) is 0 Å². The second-order valence-electron chi connectivity index (χ2n) is 15.2. The molecule has 0 aromatic carbocycles. The molecule has 2 atom stereocenters. The molecule has 0 saturated carbocycles. The van der Waals surface area contributed by atoms with Gasteiger partial charge in [0.25, 0.3) is 0 Å². The van der Waals surface area contributed by atoms with E-state index in [2.05, 4.69) is 50.3 Å². The Morgan fingerprint density at radius 1 is 0.585 bits per heavy atom. The topological polar surface area (TPSA) is 99.1 Å². The normalized spacial score (nSPS) is 13.5. The van der Waals surface area contributed by atoms with Crippen LogP contribution in [-0.4, -0.2) is 80.6 Å².